The second-order valence-corrected chi connectivity index (χ2v) is 5.28. The first-order valence-electron chi connectivity index (χ1n) is 6.62. The zero-order valence-corrected chi connectivity index (χ0v) is 11.2. The van der Waals surface area contributed by atoms with Gasteiger partial charge in [-0.3, -0.25) is 4.79 Å². The summed E-state index contributed by atoms with van der Waals surface area (Å²) < 4.78 is 5.78. The third kappa shape index (κ3) is 2.53. The van der Waals surface area contributed by atoms with E-state index in [1.54, 1.807) is 18.0 Å². The largest absolute Gasteiger partial charge is 0.459 e. The predicted molar refractivity (Wildman–Crippen MR) is 68.5 cm³/mol. The van der Waals surface area contributed by atoms with E-state index < -0.39 is 0 Å². The van der Waals surface area contributed by atoms with Gasteiger partial charge in [0.05, 0.1) is 12.2 Å². The minimum absolute atomic E-state index is 0.0642. The lowest BCUT2D eigenvalue weighted by Gasteiger charge is -2.11. The second kappa shape index (κ2) is 4.77. The molecule has 1 amide bonds. The van der Waals surface area contributed by atoms with Crippen LogP contribution in [0.15, 0.2) is 6.20 Å². The molecule has 102 valence electrons. The molecule has 6 nitrogen and oxygen atoms in total. The molecule has 0 spiro atoms. The van der Waals surface area contributed by atoms with Crippen LogP contribution in [0.2, 0.25) is 0 Å². The first kappa shape index (κ1) is 12.3. The topological polar surface area (TPSA) is 67.4 Å². The Hall–Kier alpha value is -1.69. The van der Waals surface area contributed by atoms with Crippen molar-refractivity contribution in [2.24, 2.45) is 0 Å². The molecule has 1 aromatic heterocycles. The number of amides is 1. The normalized spacial score (nSPS) is 25.5. The summed E-state index contributed by atoms with van der Waals surface area (Å²) in [5.41, 5.74) is 1.92. The van der Waals surface area contributed by atoms with E-state index in [1.807, 2.05) is 0 Å². The second-order valence-electron chi connectivity index (χ2n) is 5.28. The number of ether oxygens (including phenoxy) is 1. The zero-order chi connectivity index (χ0) is 13.4. The molecule has 0 saturated carbocycles. The summed E-state index contributed by atoms with van der Waals surface area (Å²) >= 11 is 0. The number of nitrogens with one attached hydrogen (secondary N) is 1. The molecule has 0 aromatic carbocycles. The van der Waals surface area contributed by atoms with Crippen LogP contribution in [0.4, 0.5) is 0 Å². The van der Waals surface area contributed by atoms with Crippen molar-refractivity contribution in [2.75, 3.05) is 6.54 Å². The molecule has 1 saturated heterocycles. The van der Waals surface area contributed by atoms with Gasteiger partial charge in [-0.2, -0.15) is 4.98 Å². The van der Waals surface area contributed by atoms with Gasteiger partial charge in [-0.05, 0) is 6.92 Å². The van der Waals surface area contributed by atoms with Gasteiger partial charge in [0, 0.05) is 44.2 Å². The molecule has 1 N–H and O–H groups in total. The molecule has 0 aliphatic carbocycles. The van der Waals surface area contributed by atoms with E-state index in [1.165, 1.54) is 0 Å². The van der Waals surface area contributed by atoms with E-state index in [0.717, 1.165) is 24.2 Å². The van der Waals surface area contributed by atoms with Crippen LogP contribution in [0.25, 0.3) is 0 Å². The summed E-state index contributed by atoms with van der Waals surface area (Å²) in [7, 11) is 0. The Bertz CT molecular complexity index is 505. The lowest BCUT2D eigenvalue weighted by atomic mass is 10.2. The first-order chi connectivity index (χ1) is 9.11. The van der Waals surface area contributed by atoms with E-state index >= 15 is 0 Å². The molecule has 2 aliphatic rings. The fraction of sp³-hybridized carbons (Fsp3) is 0.615. The van der Waals surface area contributed by atoms with E-state index in [0.29, 0.717) is 25.1 Å². The fourth-order valence-corrected chi connectivity index (χ4v) is 2.55. The van der Waals surface area contributed by atoms with Gasteiger partial charge in [-0.1, -0.05) is 0 Å². The average molecular weight is 262 g/mol. The number of hydrogen-bond donors (Lipinski definition) is 1. The van der Waals surface area contributed by atoms with Crippen molar-refractivity contribution in [3.8, 4) is 6.01 Å². The minimum atomic E-state index is 0.0642. The van der Waals surface area contributed by atoms with Gasteiger partial charge in [0.1, 0.15) is 6.10 Å². The Morgan fingerprint density at radius 2 is 2.37 bits per heavy atom. The Morgan fingerprint density at radius 1 is 1.53 bits per heavy atom. The van der Waals surface area contributed by atoms with Crippen LogP contribution in [-0.2, 0) is 17.9 Å². The van der Waals surface area contributed by atoms with E-state index in [2.05, 4.69) is 22.2 Å². The summed E-state index contributed by atoms with van der Waals surface area (Å²) in [5.74, 6) is 0.0642. The molecule has 3 rings (SSSR count). The molecular weight excluding hydrogens is 244 g/mol. The van der Waals surface area contributed by atoms with Gasteiger partial charge in [-0.25, -0.2) is 4.98 Å². The van der Waals surface area contributed by atoms with Crippen LogP contribution in [0.1, 0.15) is 31.5 Å². The lowest BCUT2D eigenvalue weighted by Crippen LogP contribution is -2.22. The number of hydrogen-bond acceptors (Lipinski definition) is 5. The van der Waals surface area contributed by atoms with Crippen molar-refractivity contribution in [3.05, 3.63) is 17.5 Å². The first-order valence-corrected chi connectivity index (χ1v) is 6.62. The molecule has 2 atom stereocenters. The van der Waals surface area contributed by atoms with Crippen LogP contribution >= 0.6 is 0 Å². The molecule has 1 fully saturated rings. The highest BCUT2D eigenvalue weighted by molar-refractivity contribution is 5.73. The summed E-state index contributed by atoms with van der Waals surface area (Å²) in [5, 5.41) is 3.33. The molecule has 0 radical (unpaired) electrons. The highest BCUT2D eigenvalue weighted by Crippen LogP contribution is 2.22. The molecule has 6 heteroatoms. The van der Waals surface area contributed by atoms with Crippen molar-refractivity contribution in [1.29, 1.82) is 0 Å². The predicted octanol–water partition coefficient (Wildman–Crippen LogP) is 0.468. The number of carbonyl (C=O) groups is 1. The van der Waals surface area contributed by atoms with E-state index in [9.17, 15) is 4.79 Å². The highest BCUT2D eigenvalue weighted by Gasteiger charge is 2.26. The Morgan fingerprint density at radius 3 is 3.05 bits per heavy atom. The third-order valence-corrected chi connectivity index (χ3v) is 3.66. The van der Waals surface area contributed by atoms with Gasteiger partial charge in [-0.15, -0.1) is 0 Å². The number of aromatic nitrogens is 2. The van der Waals surface area contributed by atoms with Crippen LogP contribution in [0.5, 0.6) is 6.01 Å². The number of carbonyl (C=O) groups excluding carboxylic acids is 1. The number of fused-ring (bicyclic) bond motifs is 1. The highest BCUT2D eigenvalue weighted by atomic mass is 16.5. The van der Waals surface area contributed by atoms with Crippen LogP contribution < -0.4 is 10.1 Å². The summed E-state index contributed by atoms with van der Waals surface area (Å²) in [6, 6.07) is 0.901. The quantitative estimate of drug-likeness (QED) is 0.839. The van der Waals surface area contributed by atoms with Gasteiger partial charge >= 0.3 is 6.01 Å². The molecule has 0 bridgehead atoms. The Kier molecular flexibility index (Phi) is 3.10. The average Bonchev–Trinajstić information content (AvgIpc) is 2.95. The van der Waals surface area contributed by atoms with Crippen molar-refractivity contribution in [3.63, 3.8) is 0 Å². The zero-order valence-electron chi connectivity index (χ0n) is 11.2. The SMILES string of the molecule is CC(=O)N1Cc2cnc(O[C@H]3CN[C@@H](C)C3)nc2C1. The maximum Gasteiger partial charge on any atom is 0.316 e. The van der Waals surface area contributed by atoms with Crippen LogP contribution in [0.3, 0.4) is 0 Å². The van der Waals surface area contributed by atoms with Crippen LogP contribution in [-0.4, -0.2) is 39.5 Å². The smallest absolute Gasteiger partial charge is 0.316 e. The van der Waals surface area contributed by atoms with E-state index in [-0.39, 0.29) is 12.0 Å². The van der Waals surface area contributed by atoms with Gasteiger partial charge < -0.3 is 15.0 Å². The van der Waals surface area contributed by atoms with Crippen molar-refractivity contribution < 1.29 is 9.53 Å². The molecule has 19 heavy (non-hydrogen) atoms. The molecule has 1 aromatic rings. The van der Waals surface area contributed by atoms with Crippen LogP contribution in [0, 0.1) is 0 Å². The maximum absolute atomic E-state index is 11.4. The van der Waals surface area contributed by atoms with Gasteiger partial charge in [0.25, 0.3) is 0 Å². The summed E-state index contributed by atoms with van der Waals surface area (Å²) in [6.45, 7) is 5.71. The number of rotatable bonds is 2. The fourth-order valence-electron chi connectivity index (χ4n) is 2.55. The monoisotopic (exact) mass is 262 g/mol. The van der Waals surface area contributed by atoms with Crippen molar-refractivity contribution in [2.45, 2.75) is 45.5 Å². The van der Waals surface area contributed by atoms with Crippen molar-refractivity contribution in [1.82, 2.24) is 20.2 Å². The standard InChI is InChI=1S/C13H18N4O2/c1-8-3-11(5-14-8)19-13-15-4-10-6-17(9(2)18)7-12(10)16-13/h4,8,11,14H,3,5-7H2,1-2H3/t8-,11+/m0/s1. The van der Waals surface area contributed by atoms with E-state index in [4.69, 9.17) is 4.74 Å². The molecular formula is C13H18N4O2. The van der Waals surface area contributed by atoms with Crippen molar-refractivity contribution >= 4 is 5.91 Å². The third-order valence-electron chi connectivity index (χ3n) is 3.66. The molecule has 3 heterocycles. The van der Waals surface area contributed by atoms with Gasteiger partial charge in [0.15, 0.2) is 0 Å². The molecule has 0 unspecified atom stereocenters. The Labute approximate surface area is 112 Å². The Balaban J connectivity index is 1.70. The summed E-state index contributed by atoms with van der Waals surface area (Å²) in [6.07, 6.45) is 2.88. The minimum Gasteiger partial charge on any atom is -0.459 e. The lowest BCUT2D eigenvalue weighted by molar-refractivity contribution is -0.129. The van der Waals surface area contributed by atoms with Gasteiger partial charge in [0.2, 0.25) is 5.91 Å². The maximum atomic E-state index is 11.4. The summed E-state index contributed by atoms with van der Waals surface area (Å²) in [4.78, 5) is 21.8. The molecule has 2 aliphatic heterocycles. The number of nitrogens with zero attached hydrogens (tertiary/aromatic N) is 3.